The number of ether oxygens (including phenoxy) is 2. The summed E-state index contributed by atoms with van der Waals surface area (Å²) in [5.41, 5.74) is 0.594. The summed E-state index contributed by atoms with van der Waals surface area (Å²) in [5.74, 6) is 3.27. The summed E-state index contributed by atoms with van der Waals surface area (Å²) >= 11 is 1.90. The molecule has 0 aromatic carbocycles. The number of carbonyl (C=O) groups excluding carboxylic acids is 1. The van der Waals surface area contributed by atoms with Crippen molar-refractivity contribution >= 4 is 17.7 Å². The van der Waals surface area contributed by atoms with Gasteiger partial charge in [0.05, 0.1) is 11.8 Å². The van der Waals surface area contributed by atoms with E-state index >= 15 is 0 Å². The third-order valence-electron chi connectivity index (χ3n) is 4.71. The largest absolute Gasteiger partial charge is 0.473 e. The lowest BCUT2D eigenvalue weighted by molar-refractivity contribution is 0.0586. The SMILES string of the molecule is O=C(c1ccc(OC2CCSC2)nc1)N1CCC(Oc2cnccn2)CC1. The molecular weight excluding hydrogens is 364 g/mol. The average Bonchev–Trinajstić information content (AvgIpc) is 3.22. The van der Waals surface area contributed by atoms with Gasteiger partial charge >= 0.3 is 0 Å². The van der Waals surface area contributed by atoms with E-state index in [0.717, 1.165) is 30.8 Å². The van der Waals surface area contributed by atoms with E-state index in [4.69, 9.17) is 9.47 Å². The number of hydrogen-bond donors (Lipinski definition) is 0. The van der Waals surface area contributed by atoms with Gasteiger partial charge in [-0.3, -0.25) is 9.78 Å². The molecule has 142 valence electrons. The number of piperidine rings is 1. The van der Waals surface area contributed by atoms with Crippen molar-refractivity contribution in [2.24, 2.45) is 0 Å². The Morgan fingerprint density at radius 3 is 2.52 bits per heavy atom. The van der Waals surface area contributed by atoms with E-state index in [2.05, 4.69) is 15.0 Å². The molecular formula is C19H22N4O3S. The fraction of sp³-hybridized carbons (Fsp3) is 0.474. The first kappa shape index (κ1) is 18.0. The quantitative estimate of drug-likeness (QED) is 0.781. The molecule has 4 heterocycles. The molecule has 2 aromatic rings. The van der Waals surface area contributed by atoms with Crippen LogP contribution >= 0.6 is 11.8 Å². The molecule has 7 nitrogen and oxygen atoms in total. The van der Waals surface area contributed by atoms with Gasteiger partial charge in [-0.05, 0) is 18.2 Å². The Morgan fingerprint density at radius 1 is 1.00 bits per heavy atom. The van der Waals surface area contributed by atoms with E-state index in [1.807, 2.05) is 16.7 Å². The molecule has 1 amide bonds. The Balaban J connectivity index is 1.28. The highest BCUT2D eigenvalue weighted by molar-refractivity contribution is 7.99. The maximum Gasteiger partial charge on any atom is 0.255 e. The Bertz CT molecular complexity index is 745. The minimum atomic E-state index is 0.00317. The highest BCUT2D eigenvalue weighted by Crippen LogP contribution is 2.23. The van der Waals surface area contributed by atoms with Crippen molar-refractivity contribution in [1.82, 2.24) is 19.9 Å². The molecule has 2 fully saturated rings. The maximum absolute atomic E-state index is 12.7. The van der Waals surface area contributed by atoms with Gasteiger partial charge in [-0.2, -0.15) is 11.8 Å². The van der Waals surface area contributed by atoms with E-state index in [1.165, 1.54) is 0 Å². The Hall–Kier alpha value is -2.35. The topological polar surface area (TPSA) is 77.4 Å². The first-order valence-corrected chi connectivity index (χ1v) is 10.4. The van der Waals surface area contributed by atoms with Crippen molar-refractivity contribution < 1.29 is 14.3 Å². The average molecular weight is 386 g/mol. The van der Waals surface area contributed by atoms with E-state index in [1.54, 1.807) is 36.9 Å². The first-order chi connectivity index (χ1) is 13.3. The standard InChI is InChI=1S/C19H22N4O3S/c24-19(14-1-2-17(22-11-14)26-16-5-10-27-13-16)23-8-3-15(4-9-23)25-18-12-20-6-7-21-18/h1-2,6-7,11-12,15-16H,3-5,8-10,13H2. The van der Waals surface area contributed by atoms with Gasteiger partial charge in [0.25, 0.3) is 5.91 Å². The van der Waals surface area contributed by atoms with E-state index in [0.29, 0.717) is 30.4 Å². The molecule has 0 N–H and O–H groups in total. The summed E-state index contributed by atoms with van der Waals surface area (Å²) in [6.07, 6.45) is 9.34. The number of thioether (sulfide) groups is 1. The third kappa shape index (κ3) is 4.68. The lowest BCUT2D eigenvalue weighted by Gasteiger charge is -2.31. The Kier molecular flexibility index (Phi) is 5.72. The first-order valence-electron chi connectivity index (χ1n) is 9.20. The highest BCUT2D eigenvalue weighted by atomic mass is 32.2. The lowest BCUT2D eigenvalue weighted by Crippen LogP contribution is -2.41. The van der Waals surface area contributed by atoms with Crippen LogP contribution < -0.4 is 9.47 Å². The maximum atomic E-state index is 12.7. The summed E-state index contributed by atoms with van der Waals surface area (Å²) in [6.45, 7) is 1.31. The number of carbonyl (C=O) groups is 1. The molecule has 2 aliphatic rings. The fourth-order valence-electron chi connectivity index (χ4n) is 3.23. The van der Waals surface area contributed by atoms with E-state index in [9.17, 15) is 4.79 Å². The van der Waals surface area contributed by atoms with Crippen molar-refractivity contribution in [2.45, 2.75) is 31.5 Å². The molecule has 0 bridgehead atoms. The number of amides is 1. The normalized spacial score (nSPS) is 20.4. The summed E-state index contributed by atoms with van der Waals surface area (Å²) in [4.78, 5) is 27.0. The van der Waals surface area contributed by atoms with Crippen LogP contribution in [0.3, 0.4) is 0 Å². The van der Waals surface area contributed by atoms with Gasteiger partial charge in [0.2, 0.25) is 11.8 Å². The third-order valence-corrected chi connectivity index (χ3v) is 5.85. The molecule has 8 heteroatoms. The molecule has 2 aromatic heterocycles. The molecule has 0 aliphatic carbocycles. The van der Waals surface area contributed by atoms with Gasteiger partial charge in [-0.1, -0.05) is 0 Å². The van der Waals surface area contributed by atoms with Gasteiger partial charge in [-0.25, -0.2) is 9.97 Å². The van der Waals surface area contributed by atoms with Crippen LogP contribution in [0.1, 0.15) is 29.6 Å². The highest BCUT2D eigenvalue weighted by Gasteiger charge is 2.25. The Morgan fingerprint density at radius 2 is 1.85 bits per heavy atom. The van der Waals surface area contributed by atoms with Crippen LogP contribution in [-0.4, -0.2) is 62.6 Å². The monoisotopic (exact) mass is 386 g/mol. The fourth-order valence-corrected chi connectivity index (χ4v) is 4.32. The molecule has 1 atom stereocenters. The van der Waals surface area contributed by atoms with Gasteiger partial charge in [0.1, 0.15) is 12.2 Å². The van der Waals surface area contributed by atoms with Crippen LogP contribution in [-0.2, 0) is 0 Å². The lowest BCUT2D eigenvalue weighted by atomic mass is 10.1. The van der Waals surface area contributed by atoms with Crippen molar-refractivity contribution in [3.8, 4) is 11.8 Å². The summed E-state index contributed by atoms with van der Waals surface area (Å²) in [7, 11) is 0. The molecule has 2 saturated heterocycles. The van der Waals surface area contributed by atoms with Gasteiger partial charge < -0.3 is 14.4 Å². The zero-order valence-electron chi connectivity index (χ0n) is 15.0. The number of pyridine rings is 1. The van der Waals surface area contributed by atoms with Crippen molar-refractivity contribution in [3.63, 3.8) is 0 Å². The van der Waals surface area contributed by atoms with Crippen LogP contribution in [0.4, 0.5) is 0 Å². The van der Waals surface area contributed by atoms with Gasteiger partial charge in [0.15, 0.2) is 0 Å². The van der Waals surface area contributed by atoms with Crippen molar-refractivity contribution in [3.05, 3.63) is 42.5 Å². The Labute approximate surface area is 162 Å². The number of nitrogens with zero attached hydrogens (tertiary/aromatic N) is 4. The second-order valence-corrected chi connectivity index (χ2v) is 7.79. The van der Waals surface area contributed by atoms with Crippen LogP contribution in [0.2, 0.25) is 0 Å². The van der Waals surface area contributed by atoms with Gasteiger partial charge in [-0.15, -0.1) is 0 Å². The van der Waals surface area contributed by atoms with Gasteiger partial charge in [0, 0.05) is 56.3 Å². The molecule has 0 saturated carbocycles. The van der Waals surface area contributed by atoms with Crippen LogP contribution in [0, 0.1) is 0 Å². The number of rotatable bonds is 5. The molecule has 4 rings (SSSR count). The second-order valence-electron chi connectivity index (χ2n) is 6.64. The predicted molar refractivity (Wildman–Crippen MR) is 102 cm³/mol. The summed E-state index contributed by atoms with van der Waals surface area (Å²) in [6, 6.07) is 3.59. The number of aromatic nitrogens is 3. The molecule has 0 spiro atoms. The van der Waals surface area contributed by atoms with Crippen LogP contribution in [0.5, 0.6) is 11.8 Å². The second kappa shape index (κ2) is 8.56. The molecule has 0 radical (unpaired) electrons. The van der Waals surface area contributed by atoms with E-state index in [-0.39, 0.29) is 18.1 Å². The van der Waals surface area contributed by atoms with Crippen molar-refractivity contribution in [2.75, 3.05) is 24.6 Å². The predicted octanol–water partition coefficient (Wildman–Crippen LogP) is 2.44. The van der Waals surface area contributed by atoms with Crippen LogP contribution in [0.15, 0.2) is 36.9 Å². The number of likely N-dealkylation sites (tertiary alicyclic amines) is 1. The summed E-state index contributed by atoms with van der Waals surface area (Å²) in [5, 5.41) is 0. The minimum absolute atomic E-state index is 0.00317. The molecule has 27 heavy (non-hydrogen) atoms. The zero-order chi connectivity index (χ0) is 18.5. The van der Waals surface area contributed by atoms with Crippen LogP contribution in [0.25, 0.3) is 0 Å². The summed E-state index contributed by atoms with van der Waals surface area (Å²) < 4.78 is 11.7. The molecule has 1 unspecified atom stereocenters. The van der Waals surface area contributed by atoms with E-state index < -0.39 is 0 Å². The van der Waals surface area contributed by atoms with Crippen molar-refractivity contribution in [1.29, 1.82) is 0 Å². The smallest absolute Gasteiger partial charge is 0.255 e. The minimum Gasteiger partial charge on any atom is -0.473 e. The number of hydrogen-bond acceptors (Lipinski definition) is 7. The zero-order valence-corrected chi connectivity index (χ0v) is 15.8. The molecule has 2 aliphatic heterocycles.